The lowest BCUT2D eigenvalue weighted by Gasteiger charge is -2.21. The molecule has 2 aromatic heterocycles. The Morgan fingerprint density at radius 3 is 1.48 bits per heavy atom. The molecular formula is C46H40F8O8. The van der Waals surface area contributed by atoms with E-state index in [0.717, 1.165) is 12.1 Å². The SMILES string of the molecule is C=COCCCC(F)(F)CCCOC(COc1ccc2cc(-c3ccc(C)cc3C(F)(F)F)c(=O)oc2c1)COc1ccc2cc(-c3ccc(C)cc3C(F)(F)F)c(=O)oc2c1. The summed E-state index contributed by atoms with van der Waals surface area (Å²) in [5, 5.41) is 0.618. The normalized spacial score (nSPS) is 12.3. The minimum Gasteiger partial charge on any atom is -0.502 e. The van der Waals surface area contributed by atoms with E-state index in [9.17, 15) is 44.7 Å². The van der Waals surface area contributed by atoms with Crippen molar-refractivity contribution in [2.75, 3.05) is 26.4 Å². The molecule has 4 aromatic carbocycles. The number of alkyl halides is 8. The minimum atomic E-state index is -4.73. The van der Waals surface area contributed by atoms with Gasteiger partial charge >= 0.3 is 23.6 Å². The average molecular weight is 873 g/mol. The Hall–Kier alpha value is -6.16. The third kappa shape index (κ3) is 11.4. The van der Waals surface area contributed by atoms with Crippen LogP contribution in [0.3, 0.4) is 0 Å². The third-order valence-electron chi connectivity index (χ3n) is 9.79. The van der Waals surface area contributed by atoms with Crippen molar-refractivity contribution in [1.82, 2.24) is 0 Å². The minimum absolute atomic E-state index is 0.0178. The van der Waals surface area contributed by atoms with Crippen molar-refractivity contribution in [2.24, 2.45) is 0 Å². The zero-order valence-electron chi connectivity index (χ0n) is 33.4. The van der Waals surface area contributed by atoms with E-state index in [0.29, 0.717) is 21.9 Å². The summed E-state index contributed by atoms with van der Waals surface area (Å²) < 4.78 is 146. The van der Waals surface area contributed by atoms with Gasteiger partial charge in [-0.15, -0.1) is 0 Å². The lowest BCUT2D eigenvalue weighted by atomic mass is 9.98. The van der Waals surface area contributed by atoms with Crippen LogP contribution in [0.15, 0.2) is 116 Å². The molecule has 0 saturated carbocycles. The fourth-order valence-corrected chi connectivity index (χ4v) is 6.72. The second-order valence-corrected chi connectivity index (χ2v) is 14.6. The van der Waals surface area contributed by atoms with E-state index in [-0.39, 0.29) is 84.2 Å². The molecule has 2 heterocycles. The van der Waals surface area contributed by atoms with Gasteiger partial charge in [0.25, 0.3) is 0 Å². The van der Waals surface area contributed by atoms with E-state index in [2.05, 4.69) is 6.58 Å². The van der Waals surface area contributed by atoms with Crippen LogP contribution in [0.1, 0.15) is 47.9 Å². The maximum absolute atomic E-state index is 14.5. The van der Waals surface area contributed by atoms with Crippen LogP contribution in [0.25, 0.3) is 44.2 Å². The van der Waals surface area contributed by atoms with E-state index in [1.54, 1.807) is 0 Å². The molecule has 0 N–H and O–H groups in total. The van der Waals surface area contributed by atoms with Gasteiger partial charge in [0.15, 0.2) is 0 Å². The van der Waals surface area contributed by atoms with Crippen LogP contribution < -0.4 is 20.7 Å². The predicted molar refractivity (Wildman–Crippen MR) is 216 cm³/mol. The van der Waals surface area contributed by atoms with Crippen molar-refractivity contribution in [1.29, 1.82) is 0 Å². The molecule has 62 heavy (non-hydrogen) atoms. The number of fused-ring (bicyclic) bond motifs is 2. The number of ether oxygens (including phenoxy) is 4. The van der Waals surface area contributed by atoms with Crippen LogP contribution in [0.4, 0.5) is 35.1 Å². The molecule has 0 fully saturated rings. The molecule has 6 rings (SSSR count). The standard InChI is InChI=1S/C46H40F8O8/c1-4-57-17-5-15-44(47,48)16-6-18-58-33(25-59-31-11-9-29-21-36(42(55)61-40(29)23-31)34-13-7-27(2)19-38(34)45(49,50)51)26-60-32-12-10-30-22-37(43(56)62-41(30)24-32)35-14-8-28(3)20-39(35)46(52,53)54/h4,7-14,19-24,33H,1,5-6,15-18,25-26H2,2-3H3. The number of aryl methyl sites for hydroxylation is 2. The zero-order chi connectivity index (χ0) is 44.8. The molecule has 8 nitrogen and oxygen atoms in total. The largest absolute Gasteiger partial charge is 0.502 e. The van der Waals surface area contributed by atoms with Gasteiger partial charge < -0.3 is 27.8 Å². The summed E-state index contributed by atoms with van der Waals surface area (Å²) in [6.07, 6.45) is -9.98. The first-order valence-corrected chi connectivity index (χ1v) is 19.3. The maximum atomic E-state index is 14.5. The van der Waals surface area contributed by atoms with Gasteiger partial charge in [0, 0.05) is 53.5 Å². The lowest BCUT2D eigenvalue weighted by molar-refractivity contribution is -0.138. The van der Waals surface area contributed by atoms with Gasteiger partial charge in [-0.25, -0.2) is 18.4 Å². The second-order valence-electron chi connectivity index (χ2n) is 14.6. The Morgan fingerprint density at radius 2 is 1.05 bits per heavy atom. The molecule has 6 aromatic rings. The van der Waals surface area contributed by atoms with Crippen molar-refractivity contribution < 1.29 is 62.9 Å². The Kier molecular flexibility index (Phi) is 13.8. The molecule has 0 amide bonds. The van der Waals surface area contributed by atoms with Crippen LogP contribution in [0.2, 0.25) is 0 Å². The van der Waals surface area contributed by atoms with Gasteiger partial charge in [-0.05, 0) is 75.2 Å². The number of hydrogen-bond acceptors (Lipinski definition) is 8. The zero-order valence-corrected chi connectivity index (χ0v) is 33.4. The molecule has 0 spiro atoms. The van der Waals surface area contributed by atoms with Crippen molar-refractivity contribution in [3.05, 3.63) is 141 Å². The van der Waals surface area contributed by atoms with Crippen molar-refractivity contribution >= 4 is 21.9 Å². The van der Waals surface area contributed by atoms with E-state index >= 15 is 0 Å². The monoisotopic (exact) mass is 872 g/mol. The first kappa shape index (κ1) is 45.4. The maximum Gasteiger partial charge on any atom is 0.417 e. The third-order valence-corrected chi connectivity index (χ3v) is 9.79. The first-order valence-electron chi connectivity index (χ1n) is 19.3. The van der Waals surface area contributed by atoms with Crippen LogP contribution >= 0.6 is 0 Å². The molecule has 16 heteroatoms. The van der Waals surface area contributed by atoms with Crippen LogP contribution in [-0.2, 0) is 21.8 Å². The van der Waals surface area contributed by atoms with E-state index < -0.39 is 59.6 Å². The fourth-order valence-electron chi connectivity index (χ4n) is 6.72. The quantitative estimate of drug-likeness (QED) is 0.0365. The first-order chi connectivity index (χ1) is 29.3. The van der Waals surface area contributed by atoms with Gasteiger partial charge in [-0.3, -0.25) is 0 Å². The molecule has 0 aliphatic carbocycles. The van der Waals surface area contributed by atoms with Gasteiger partial charge in [-0.1, -0.05) is 42.0 Å². The highest BCUT2D eigenvalue weighted by Gasteiger charge is 2.36. The molecular weight excluding hydrogens is 832 g/mol. The van der Waals surface area contributed by atoms with Crippen LogP contribution in [0, 0.1) is 13.8 Å². The number of rotatable bonds is 18. The summed E-state index contributed by atoms with van der Waals surface area (Å²) in [6.45, 7) is 5.93. The van der Waals surface area contributed by atoms with Gasteiger partial charge in [0.1, 0.15) is 42.0 Å². The molecule has 0 atom stereocenters. The molecule has 328 valence electrons. The van der Waals surface area contributed by atoms with Crippen molar-refractivity contribution in [2.45, 2.75) is 63.9 Å². The Balaban J connectivity index is 1.19. The molecule has 0 unspecified atom stereocenters. The summed E-state index contributed by atoms with van der Waals surface area (Å²) in [5.74, 6) is -2.64. The fraction of sp³-hybridized carbons (Fsp3) is 0.304. The highest BCUT2D eigenvalue weighted by Crippen LogP contribution is 2.39. The predicted octanol–water partition coefficient (Wildman–Crippen LogP) is 12.1. The van der Waals surface area contributed by atoms with Crippen molar-refractivity contribution in [3.63, 3.8) is 0 Å². The van der Waals surface area contributed by atoms with E-state index in [1.807, 2.05) is 0 Å². The summed E-state index contributed by atoms with van der Waals surface area (Å²) in [5.41, 5.74) is -4.47. The highest BCUT2D eigenvalue weighted by molar-refractivity contribution is 5.84. The highest BCUT2D eigenvalue weighted by atomic mass is 19.4. The van der Waals surface area contributed by atoms with Crippen LogP contribution in [-0.4, -0.2) is 38.5 Å². The Bertz CT molecular complexity index is 2500. The van der Waals surface area contributed by atoms with Gasteiger partial charge in [0.05, 0.1) is 35.1 Å². The number of halogens is 8. The molecule has 0 aliphatic rings. The number of hydrogen-bond donors (Lipinski definition) is 0. The van der Waals surface area contributed by atoms with Gasteiger partial charge in [-0.2, -0.15) is 26.3 Å². The average Bonchev–Trinajstić information content (AvgIpc) is 3.20. The van der Waals surface area contributed by atoms with E-state index in [1.165, 1.54) is 92.9 Å². The van der Waals surface area contributed by atoms with Gasteiger partial charge in [0.2, 0.25) is 5.92 Å². The molecule has 0 saturated heterocycles. The summed E-state index contributed by atoms with van der Waals surface area (Å²) in [7, 11) is 0. The van der Waals surface area contributed by atoms with Crippen molar-refractivity contribution in [3.8, 4) is 33.8 Å². The molecule has 0 radical (unpaired) electrons. The second kappa shape index (κ2) is 18.8. The summed E-state index contributed by atoms with van der Waals surface area (Å²) in [4.78, 5) is 26.0. The Morgan fingerprint density at radius 1 is 0.597 bits per heavy atom. The topological polar surface area (TPSA) is 97.3 Å². The lowest BCUT2D eigenvalue weighted by Crippen LogP contribution is -2.29. The Labute approximate surface area is 349 Å². The van der Waals surface area contributed by atoms with E-state index in [4.69, 9.17) is 27.8 Å². The summed E-state index contributed by atoms with van der Waals surface area (Å²) in [6, 6.07) is 18.5. The van der Waals surface area contributed by atoms with Crippen LogP contribution in [0.5, 0.6) is 11.5 Å². The molecule has 0 aliphatic heterocycles. The smallest absolute Gasteiger partial charge is 0.417 e. The number of benzene rings is 4. The molecule has 0 bridgehead atoms. The summed E-state index contributed by atoms with van der Waals surface area (Å²) >= 11 is 0.